The number of rotatable bonds is 4. The number of fused-ring (bicyclic) bond motifs is 3. The molecule has 7 rings (SSSR count). The highest BCUT2D eigenvalue weighted by Crippen LogP contribution is 2.61. The van der Waals surface area contributed by atoms with Crippen molar-refractivity contribution in [3.05, 3.63) is 30.1 Å². The van der Waals surface area contributed by atoms with Crippen molar-refractivity contribution in [3.63, 3.8) is 0 Å². The molecule has 3 atom stereocenters. The van der Waals surface area contributed by atoms with Crippen molar-refractivity contribution in [2.24, 2.45) is 28.9 Å². The van der Waals surface area contributed by atoms with Gasteiger partial charge in [0.2, 0.25) is 0 Å². The molecule has 4 saturated carbocycles. The number of hydrogen-bond donors (Lipinski definition) is 1. The van der Waals surface area contributed by atoms with Gasteiger partial charge in [0, 0.05) is 25.7 Å². The first-order chi connectivity index (χ1) is 15.0. The summed E-state index contributed by atoms with van der Waals surface area (Å²) in [6, 6.07) is 9.23. The second kappa shape index (κ2) is 7.31. The van der Waals surface area contributed by atoms with Crippen molar-refractivity contribution in [2.45, 2.75) is 83.2 Å². The molecule has 168 valence electrons. The van der Waals surface area contributed by atoms with Crippen LogP contribution in [0.1, 0.15) is 83.5 Å². The Labute approximate surface area is 187 Å². The Morgan fingerprint density at radius 2 is 1.77 bits per heavy atom. The van der Waals surface area contributed by atoms with Gasteiger partial charge < -0.3 is 15.2 Å². The standard InChI is InChI=1S/C27H40N4/c1-26(2)20-10-9-19(22(26)17-20)18-30-15-11-21(12-16-30)31-24-8-4-3-7-23(24)29-25(31)27(28)13-5-6-14-27/h3-4,7-8,19-22H,5-6,9-18,28H2,1-2H3/t19-,20-,22+/m0/s1. The van der Waals surface area contributed by atoms with Gasteiger partial charge in [-0.15, -0.1) is 0 Å². The largest absolute Gasteiger partial charge is 0.323 e. The fourth-order valence-electron chi connectivity index (χ4n) is 7.87. The van der Waals surface area contributed by atoms with E-state index in [0.717, 1.165) is 36.1 Å². The third kappa shape index (κ3) is 3.20. The van der Waals surface area contributed by atoms with Crippen molar-refractivity contribution < 1.29 is 0 Å². The predicted molar refractivity (Wildman–Crippen MR) is 127 cm³/mol. The van der Waals surface area contributed by atoms with E-state index in [0.29, 0.717) is 11.5 Å². The molecule has 4 nitrogen and oxygen atoms in total. The maximum Gasteiger partial charge on any atom is 0.130 e. The highest BCUT2D eigenvalue weighted by molar-refractivity contribution is 5.76. The zero-order valence-corrected chi connectivity index (χ0v) is 19.5. The minimum atomic E-state index is -0.232. The van der Waals surface area contributed by atoms with Crippen LogP contribution in [0.3, 0.4) is 0 Å². The van der Waals surface area contributed by atoms with Gasteiger partial charge in [-0.2, -0.15) is 0 Å². The van der Waals surface area contributed by atoms with Crippen LogP contribution in [0.2, 0.25) is 0 Å². The molecule has 31 heavy (non-hydrogen) atoms. The molecule has 0 spiro atoms. The maximum absolute atomic E-state index is 6.95. The Morgan fingerprint density at radius 3 is 2.48 bits per heavy atom. The number of nitrogens with two attached hydrogens (primary N) is 1. The van der Waals surface area contributed by atoms with Gasteiger partial charge in [0.25, 0.3) is 0 Å². The predicted octanol–water partition coefficient (Wildman–Crippen LogP) is 5.47. The lowest BCUT2D eigenvalue weighted by Crippen LogP contribution is -2.55. The molecule has 1 aromatic carbocycles. The zero-order valence-electron chi connectivity index (χ0n) is 19.5. The van der Waals surface area contributed by atoms with E-state index in [9.17, 15) is 0 Å². The molecule has 5 fully saturated rings. The van der Waals surface area contributed by atoms with Gasteiger partial charge in [0.15, 0.2) is 0 Å². The van der Waals surface area contributed by atoms with Crippen molar-refractivity contribution >= 4 is 11.0 Å². The first-order valence-electron chi connectivity index (χ1n) is 12.9. The molecule has 1 saturated heterocycles. The SMILES string of the molecule is CC1(C)[C@H]2CC[C@@H](CN3CCC(n4c(C5(N)CCCC5)nc5ccccc54)CC3)[C@H]1C2. The Hall–Kier alpha value is -1.39. The van der Waals surface area contributed by atoms with Crippen molar-refractivity contribution in [3.8, 4) is 0 Å². The number of aromatic nitrogens is 2. The number of hydrogen-bond acceptors (Lipinski definition) is 3. The molecular weight excluding hydrogens is 380 g/mol. The maximum atomic E-state index is 6.95. The fraction of sp³-hybridized carbons (Fsp3) is 0.741. The molecule has 0 amide bonds. The summed E-state index contributed by atoms with van der Waals surface area (Å²) in [7, 11) is 0. The summed E-state index contributed by atoms with van der Waals surface area (Å²) in [4.78, 5) is 7.89. The molecule has 2 heterocycles. The number of benzene rings is 1. The molecule has 0 unspecified atom stereocenters. The average Bonchev–Trinajstić information content (AvgIpc) is 3.39. The van der Waals surface area contributed by atoms with Crippen LogP contribution in [-0.4, -0.2) is 34.1 Å². The number of nitrogens with zero attached hydrogens (tertiary/aromatic N) is 3. The van der Waals surface area contributed by atoms with Crippen molar-refractivity contribution in [1.29, 1.82) is 0 Å². The normalized spacial score (nSPS) is 32.9. The minimum absolute atomic E-state index is 0.232. The fourth-order valence-corrected chi connectivity index (χ4v) is 7.87. The monoisotopic (exact) mass is 420 g/mol. The average molecular weight is 421 g/mol. The van der Waals surface area contributed by atoms with Crippen LogP contribution in [0, 0.1) is 23.2 Å². The molecule has 2 aromatic rings. The summed E-state index contributed by atoms with van der Waals surface area (Å²) < 4.78 is 2.57. The summed E-state index contributed by atoms with van der Waals surface area (Å²) >= 11 is 0. The summed E-state index contributed by atoms with van der Waals surface area (Å²) in [5.74, 6) is 4.06. The first kappa shape index (κ1) is 20.2. The molecule has 2 bridgehead atoms. The number of likely N-dealkylation sites (tertiary alicyclic amines) is 1. The zero-order chi connectivity index (χ0) is 21.2. The van der Waals surface area contributed by atoms with Gasteiger partial charge in [-0.1, -0.05) is 38.8 Å². The van der Waals surface area contributed by atoms with Gasteiger partial charge in [-0.25, -0.2) is 4.98 Å². The highest BCUT2D eigenvalue weighted by Gasteiger charge is 2.54. The molecule has 0 radical (unpaired) electrons. The van der Waals surface area contributed by atoms with E-state index in [2.05, 4.69) is 47.6 Å². The highest BCUT2D eigenvalue weighted by atomic mass is 15.2. The Bertz CT molecular complexity index is 943. The van der Waals surface area contributed by atoms with Gasteiger partial charge >= 0.3 is 0 Å². The third-order valence-corrected chi connectivity index (χ3v) is 9.95. The number of piperidine rings is 1. The van der Waals surface area contributed by atoms with Crippen LogP contribution < -0.4 is 5.73 Å². The topological polar surface area (TPSA) is 47.1 Å². The van der Waals surface area contributed by atoms with Crippen LogP contribution in [0.5, 0.6) is 0 Å². The third-order valence-electron chi connectivity index (χ3n) is 9.95. The van der Waals surface area contributed by atoms with Crippen LogP contribution in [0.4, 0.5) is 0 Å². The van der Waals surface area contributed by atoms with Gasteiger partial charge in [-0.3, -0.25) is 0 Å². The lowest BCUT2D eigenvalue weighted by Gasteiger charge is -2.61. The Morgan fingerprint density at radius 1 is 1.03 bits per heavy atom. The molecule has 4 heteroatoms. The summed E-state index contributed by atoms with van der Waals surface area (Å²) in [5, 5.41) is 0. The number of para-hydroxylation sites is 2. The summed E-state index contributed by atoms with van der Waals surface area (Å²) in [6.07, 6.45) is 11.5. The Kier molecular flexibility index (Phi) is 4.77. The Balaban J connectivity index is 1.20. The van der Waals surface area contributed by atoms with Crippen LogP contribution >= 0.6 is 0 Å². The number of imidazole rings is 1. The second-order valence-corrected chi connectivity index (χ2v) is 11.9. The summed E-state index contributed by atoms with van der Waals surface area (Å²) in [6.45, 7) is 8.83. The second-order valence-electron chi connectivity index (χ2n) is 11.9. The van der Waals surface area contributed by atoms with E-state index in [1.165, 1.54) is 75.9 Å². The van der Waals surface area contributed by atoms with E-state index in [1.807, 2.05) is 0 Å². The quantitative estimate of drug-likeness (QED) is 0.713. The van der Waals surface area contributed by atoms with E-state index < -0.39 is 0 Å². The minimum Gasteiger partial charge on any atom is -0.323 e. The molecule has 2 N–H and O–H groups in total. The molecule has 1 aliphatic heterocycles. The lowest BCUT2D eigenvalue weighted by molar-refractivity contribution is -0.112. The van der Waals surface area contributed by atoms with Gasteiger partial charge in [0.05, 0.1) is 16.6 Å². The molecular formula is C27H40N4. The van der Waals surface area contributed by atoms with E-state index in [4.69, 9.17) is 10.7 Å². The summed E-state index contributed by atoms with van der Waals surface area (Å²) in [5.41, 5.74) is 9.74. The van der Waals surface area contributed by atoms with E-state index in [-0.39, 0.29) is 5.54 Å². The van der Waals surface area contributed by atoms with Crippen LogP contribution in [0.15, 0.2) is 24.3 Å². The molecule has 5 aliphatic rings. The van der Waals surface area contributed by atoms with Crippen LogP contribution in [0.25, 0.3) is 11.0 Å². The van der Waals surface area contributed by atoms with E-state index >= 15 is 0 Å². The van der Waals surface area contributed by atoms with Crippen LogP contribution in [-0.2, 0) is 5.54 Å². The molecule has 1 aromatic heterocycles. The lowest BCUT2D eigenvalue weighted by atomic mass is 9.45. The van der Waals surface area contributed by atoms with E-state index in [1.54, 1.807) is 0 Å². The van der Waals surface area contributed by atoms with Gasteiger partial charge in [0.1, 0.15) is 5.82 Å². The smallest absolute Gasteiger partial charge is 0.130 e. The van der Waals surface area contributed by atoms with Crippen molar-refractivity contribution in [1.82, 2.24) is 14.5 Å². The van der Waals surface area contributed by atoms with Crippen molar-refractivity contribution in [2.75, 3.05) is 19.6 Å². The van der Waals surface area contributed by atoms with Gasteiger partial charge in [-0.05, 0) is 80.2 Å². The first-order valence-corrected chi connectivity index (χ1v) is 12.9. The molecule has 4 aliphatic carbocycles.